The van der Waals surface area contributed by atoms with E-state index in [9.17, 15) is 8.42 Å². The van der Waals surface area contributed by atoms with Gasteiger partial charge in [-0.05, 0) is 24.5 Å². The van der Waals surface area contributed by atoms with Gasteiger partial charge in [-0.1, -0.05) is 6.92 Å². The summed E-state index contributed by atoms with van der Waals surface area (Å²) in [5, 5.41) is -0.0492. The molecule has 20 heavy (non-hydrogen) atoms. The number of methoxy groups -OCH3 is 1. The van der Waals surface area contributed by atoms with Gasteiger partial charge in [0.05, 0.1) is 11.8 Å². The minimum Gasteiger partial charge on any atom is -0.380 e. The number of anilines is 1. The number of ether oxygens (including phenoxy) is 1. The van der Waals surface area contributed by atoms with Gasteiger partial charge in [-0.25, -0.2) is 13.4 Å². The van der Waals surface area contributed by atoms with Crippen LogP contribution in [-0.4, -0.2) is 44.0 Å². The summed E-state index contributed by atoms with van der Waals surface area (Å²) in [6, 6.07) is 3.21. The van der Waals surface area contributed by atoms with Gasteiger partial charge < -0.3 is 10.2 Å². The van der Waals surface area contributed by atoms with E-state index >= 15 is 0 Å². The predicted octanol–water partition coefficient (Wildman–Crippen LogP) is 0.413. The number of hydrazine groups is 1. The third-order valence-corrected chi connectivity index (χ3v) is 5.49. The van der Waals surface area contributed by atoms with Crippen molar-refractivity contribution in [1.29, 1.82) is 0 Å². The highest BCUT2D eigenvalue weighted by atomic mass is 32.2. The van der Waals surface area contributed by atoms with E-state index in [0.717, 1.165) is 6.42 Å². The minimum absolute atomic E-state index is 0.0492. The molecule has 2 heterocycles. The smallest absolute Gasteiger partial charge is 0.262 e. The number of piperidine rings is 1. The highest BCUT2D eigenvalue weighted by Gasteiger charge is 2.35. The molecule has 7 nitrogen and oxygen atoms in total. The highest BCUT2D eigenvalue weighted by molar-refractivity contribution is 7.89. The fourth-order valence-electron chi connectivity index (χ4n) is 2.36. The lowest BCUT2D eigenvalue weighted by Gasteiger charge is -2.35. The van der Waals surface area contributed by atoms with Gasteiger partial charge in [0.25, 0.3) is 10.0 Å². The number of nitrogens with zero attached hydrogens (tertiary/aromatic N) is 2. The molecule has 112 valence electrons. The van der Waals surface area contributed by atoms with Crippen molar-refractivity contribution in [2.24, 2.45) is 11.8 Å². The van der Waals surface area contributed by atoms with Crippen molar-refractivity contribution in [3.63, 3.8) is 0 Å². The van der Waals surface area contributed by atoms with Crippen molar-refractivity contribution in [2.75, 3.05) is 25.6 Å². The Labute approximate surface area is 119 Å². The maximum Gasteiger partial charge on any atom is 0.262 e. The maximum absolute atomic E-state index is 12.6. The topological polar surface area (TPSA) is 97.5 Å². The molecule has 0 aliphatic carbocycles. The van der Waals surface area contributed by atoms with Crippen molar-refractivity contribution in [3.05, 3.63) is 18.3 Å². The molecule has 1 aliphatic heterocycles. The first-order chi connectivity index (χ1) is 9.50. The van der Waals surface area contributed by atoms with Crippen LogP contribution in [0.1, 0.15) is 13.3 Å². The number of pyridine rings is 1. The lowest BCUT2D eigenvalue weighted by molar-refractivity contribution is 0.0183. The largest absolute Gasteiger partial charge is 0.380 e. The minimum atomic E-state index is -3.67. The Morgan fingerprint density at radius 2 is 2.30 bits per heavy atom. The third kappa shape index (κ3) is 2.78. The van der Waals surface area contributed by atoms with Crippen LogP contribution in [0.2, 0.25) is 0 Å². The first kappa shape index (κ1) is 15.2. The summed E-state index contributed by atoms with van der Waals surface area (Å²) in [7, 11) is -2.07. The monoisotopic (exact) mass is 300 g/mol. The molecule has 2 rings (SSSR count). The fraction of sp³-hybridized carbons (Fsp3) is 0.583. The average molecular weight is 300 g/mol. The van der Waals surface area contributed by atoms with E-state index in [1.54, 1.807) is 19.2 Å². The number of nitrogens with one attached hydrogen (secondary N) is 1. The number of nitrogen functional groups attached to an aromatic ring is 1. The first-order valence-corrected chi connectivity index (χ1v) is 7.89. The molecule has 8 heteroatoms. The normalized spacial score (nSPS) is 24.6. The molecule has 2 unspecified atom stereocenters. The molecule has 1 saturated heterocycles. The van der Waals surface area contributed by atoms with E-state index in [1.807, 2.05) is 0 Å². The summed E-state index contributed by atoms with van der Waals surface area (Å²) >= 11 is 0. The number of sulfonamides is 1. The first-order valence-electron chi connectivity index (χ1n) is 6.45. The standard InChI is InChI=1S/C12H20N4O3S/c1-9-5-7-16(8-11(9)19-2)20(17,18)12-10(15-13)4-3-6-14-12/h3-4,6,9,11,15H,5,7-8,13H2,1-2H3. The molecule has 1 aliphatic rings. The molecule has 2 atom stereocenters. The number of aromatic nitrogens is 1. The molecule has 0 bridgehead atoms. The zero-order valence-corrected chi connectivity index (χ0v) is 12.4. The van der Waals surface area contributed by atoms with Gasteiger partial charge in [0.1, 0.15) is 0 Å². The number of rotatable bonds is 4. The maximum atomic E-state index is 12.6. The van der Waals surface area contributed by atoms with Gasteiger partial charge in [-0.15, -0.1) is 0 Å². The van der Waals surface area contributed by atoms with E-state index in [2.05, 4.69) is 17.3 Å². The van der Waals surface area contributed by atoms with Crippen LogP contribution in [0.3, 0.4) is 0 Å². The summed E-state index contributed by atoms with van der Waals surface area (Å²) in [5.74, 6) is 5.69. The summed E-state index contributed by atoms with van der Waals surface area (Å²) in [6.45, 7) is 2.86. The van der Waals surface area contributed by atoms with E-state index in [1.165, 1.54) is 10.5 Å². The van der Waals surface area contributed by atoms with Crippen molar-refractivity contribution in [2.45, 2.75) is 24.5 Å². The predicted molar refractivity (Wildman–Crippen MR) is 75.4 cm³/mol. The van der Waals surface area contributed by atoms with Crippen LogP contribution >= 0.6 is 0 Å². The Morgan fingerprint density at radius 3 is 2.95 bits per heavy atom. The second kappa shape index (κ2) is 6.04. The van der Waals surface area contributed by atoms with Crippen LogP contribution in [0.25, 0.3) is 0 Å². The summed E-state index contributed by atoms with van der Waals surface area (Å²) < 4.78 is 32.1. The van der Waals surface area contributed by atoms with Crippen molar-refractivity contribution >= 4 is 15.7 Å². The third-order valence-electron chi connectivity index (χ3n) is 3.67. The second-order valence-corrected chi connectivity index (χ2v) is 6.76. The van der Waals surface area contributed by atoms with Crippen LogP contribution in [0.15, 0.2) is 23.4 Å². The molecule has 0 saturated carbocycles. The Hall–Kier alpha value is -1.22. The van der Waals surface area contributed by atoms with Gasteiger partial charge in [0, 0.05) is 26.4 Å². The average Bonchev–Trinajstić information content (AvgIpc) is 2.47. The van der Waals surface area contributed by atoms with Gasteiger partial charge >= 0.3 is 0 Å². The Morgan fingerprint density at radius 1 is 1.55 bits per heavy atom. The lowest BCUT2D eigenvalue weighted by atomic mass is 9.97. The van der Waals surface area contributed by atoms with Crippen LogP contribution < -0.4 is 11.3 Å². The van der Waals surface area contributed by atoms with Crippen molar-refractivity contribution in [1.82, 2.24) is 9.29 Å². The molecular formula is C12H20N4O3S. The number of hydrogen-bond donors (Lipinski definition) is 2. The van der Waals surface area contributed by atoms with Crippen molar-refractivity contribution in [3.8, 4) is 0 Å². The zero-order valence-electron chi connectivity index (χ0n) is 11.6. The quantitative estimate of drug-likeness (QED) is 0.617. The highest BCUT2D eigenvalue weighted by Crippen LogP contribution is 2.27. The molecule has 1 aromatic heterocycles. The number of hydrogen-bond acceptors (Lipinski definition) is 6. The fourth-order valence-corrected chi connectivity index (χ4v) is 3.89. The van der Waals surface area contributed by atoms with Gasteiger partial charge in [-0.2, -0.15) is 4.31 Å². The van der Waals surface area contributed by atoms with E-state index in [0.29, 0.717) is 24.7 Å². The van der Waals surface area contributed by atoms with E-state index in [4.69, 9.17) is 10.6 Å². The summed E-state index contributed by atoms with van der Waals surface area (Å²) in [4.78, 5) is 3.95. The molecular weight excluding hydrogens is 280 g/mol. The molecule has 0 spiro atoms. The van der Waals surface area contributed by atoms with Crippen LogP contribution in [0.4, 0.5) is 5.69 Å². The Balaban J connectivity index is 2.31. The van der Waals surface area contributed by atoms with Crippen LogP contribution in [-0.2, 0) is 14.8 Å². The SMILES string of the molecule is COC1CN(S(=O)(=O)c2ncccc2NN)CCC1C. The lowest BCUT2D eigenvalue weighted by Crippen LogP contribution is -2.46. The summed E-state index contributed by atoms with van der Waals surface area (Å²) in [5.41, 5.74) is 2.67. The molecule has 0 amide bonds. The Kier molecular flexibility index (Phi) is 4.59. The van der Waals surface area contributed by atoms with Gasteiger partial charge in [0.2, 0.25) is 0 Å². The van der Waals surface area contributed by atoms with Crippen LogP contribution in [0.5, 0.6) is 0 Å². The summed E-state index contributed by atoms with van der Waals surface area (Å²) in [6.07, 6.45) is 2.10. The van der Waals surface area contributed by atoms with Crippen LogP contribution in [0, 0.1) is 5.92 Å². The van der Waals surface area contributed by atoms with E-state index in [-0.39, 0.29) is 11.1 Å². The zero-order chi connectivity index (χ0) is 14.8. The van der Waals surface area contributed by atoms with Crippen molar-refractivity contribution < 1.29 is 13.2 Å². The molecule has 0 radical (unpaired) electrons. The Bertz CT molecular complexity index is 564. The molecule has 0 aromatic carbocycles. The number of nitrogens with two attached hydrogens (primary N) is 1. The van der Waals surface area contributed by atoms with Gasteiger partial charge in [-0.3, -0.25) is 5.84 Å². The van der Waals surface area contributed by atoms with Gasteiger partial charge in [0.15, 0.2) is 5.03 Å². The molecule has 3 N–H and O–H groups in total. The molecule has 1 fully saturated rings. The second-order valence-electron chi connectivity index (χ2n) is 4.90. The molecule has 1 aromatic rings. The van der Waals surface area contributed by atoms with E-state index < -0.39 is 10.0 Å².